The van der Waals surface area contributed by atoms with Gasteiger partial charge in [0, 0.05) is 31.6 Å². The molecule has 0 aliphatic carbocycles. The van der Waals surface area contributed by atoms with Crippen LogP contribution in [0.25, 0.3) is 10.2 Å². The van der Waals surface area contributed by atoms with Crippen LogP contribution in [0.1, 0.15) is 73.9 Å². The maximum atomic E-state index is 13.1. The molecule has 0 spiro atoms. The van der Waals surface area contributed by atoms with Gasteiger partial charge in [0.25, 0.3) is 11.5 Å². The number of aromatic nitrogens is 2. The molecule has 4 heterocycles. The van der Waals surface area contributed by atoms with Gasteiger partial charge in [0.2, 0.25) is 0 Å². The molecule has 1 amide bonds. The number of nitrogens with zero attached hydrogens (tertiary/aromatic N) is 3. The molecule has 7 heteroatoms. The van der Waals surface area contributed by atoms with E-state index in [-0.39, 0.29) is 17.0 Å². The average Bonchev–Trinajstić information content (AvgIpc) is 2.88. The summed E-state index contributed by atoms with van der Waals surface area (Å²) >= 11 is 1.36. The molecule has 2 aliphatic rings. The summed E-state index contributed by atoms with van der Waals surface area (Å²) in [7, 11) is 0. The number of hydrogen-bond donors (Lipinski definition) is 1. The number of rotatable bonds is 4. The zero-order valence-corrected chi connectivity index (χ0v) is 19.5. The molecule has 1 saturated heterocycles. The minimum Gasteiger partial charge on any atom is -0.349 e. The van der Waals surface area contributed by atoms with Crippen LogP contribution in [0, 0.1) is 12.8 Å². The van der Waals surface area contributed by atoms with Gasteiger partial charge in [0.1, 0.15) is 10.7 Å². The van der Waals surface area contributed by atoms with E-state index < -0.39 is 0 Å². The lowest BCUT2D eigenvalue weighted by Crippen LogP contribution is -2.54. The highest BCUT2D eigenvalue weighted by Gasteiger charge is 2.31. The Morgan fingerprint density at radius 3 is 2.80 bits per heavy atom. The van der Waals surface area contributed by atoms with Gasteiger partial charge in [-0.05, 0) is 64.5 Å². The summed E-state index contributed by atoms with van der Waals surface area (Å²) in [5.41, 5.74) is 0.700. The normalized spacial score (nSPS) is 20.7. The van der Waals surface area contributed by atoms with Gasteiger partial charge in [-0.1, -0.05) is 13.3 Å². The second-order valence-corrected chi connectivity index (χ2v) is 10.7. The van der Waals surface area contributed by atoms with Crippen molar-refractivity contribution in [2.24, 2.45) is 5.92 Å². The van der Waals surface area contributed by atoms with Crippen LogP contribution in [0.4, 0.5) is 0 Å². The number of amides is 1. The van der Waals surface area contributed by atoms with E-state index in [2.05, 4.69) is 31.0 Å². The Bertz CT molecular complexity index is 1010. The molecule has 1 unspecified atom stereocenters. The van der Waals surface area contributed by atoms with Gasteiger partial charge in [0.15, 0.2) is 0 Å². The molecule has 0 aromatic carbocycles. The van der Waals surface area contributed by atoms with Crippen molar-refractivity contribution in [3.63, 3.8) is 0 Å². The number of aryl methyl sites for hydroxylation is 2. The number of thiophene rings is 1. The molecule has 4 rings (SSSR count). The highest BCUT2D eigenvalue weighted by molar-refractivity contribution is 7.20. The van der Waals surface area contributed by atoms with E-state index in [1.807, 2.05) is 11.5 Å². The van der Waals surface area contributed by atoms with Gasteiger partial charge in [-0.25, -0.2) is 4.98 Å². The number of hydrogen-bond acceptors (Lipinski definition) is 5. The van der Waals surface area contributed by atoms with Crippen molar-refractivity contribution >= 4 is 27.5 Å². The van der Waals surface area contributed by atoms with E-state index in [0.717, 1.165) is 56.7 Å². The van der Waals surface area contributed by atoms with Gasteiger partial charge in [-0.2, -0.15) is 0 Å². The Morgan fingerprint density at radius 2 is 2.03 bits per heavy atom. The monoisotopic (exact) mass is 430 g/mol. The first kappa shape index (κ1) is 21.5. The molecule has 1 fully saturated rings. The molecular formula is C23H34N4O2S. The Kier molecular flexibility index (Phi) is 6.04. The van der Waals surface area contributed by atoms with Gasteiger partial charge in [-0.15, -0.1) is 11.3 Å². The molecule has 0 radical (unpaired) electrons. The van der Waals surface area contributed by atoms with Crippen LogP contribution in [-0.4, -0.2) is 45.5 Å². The highest BCUT2D eigenvalue weighted by atomic mass is 32.1. The van der Waals surface area contributed by atoms with Crippen molar-refractivity contribution in [2.45, 2.75) is 78.3 Å². The molecule has 2 aromatic rings. The largest absolute Gasteiger partial charge is 0.349 e. The Balaban J connectivity index is 1.56. The first-order chi connectivity index (χ1) is 14.3. The van der Waals surface area contributed by atoms with E-state index >= 15 is 0 Å². The molecule has 0 saturated carbocycles. The van der Waals surface area contributed by atoms with Crippen LogP contribution in [0.3, 0.4) is 0 Å². The summed E-state index contributed by atoms with van der Waals surface area (Å²) in [6.07, 6.45) is 6.56. The molecule has 0 bridgehead atoms. The zero-order chi connectivity index (χ0) is 21.5. The van der Waals surface area contributed by atoms with Crippen LogP contribution < -0.4 is 10.9 Å². The number of nitrogens with one attached hydrogen (secondary N) is 1. The number of carbonyl (C=O) groups excluding carboxylic acids is 1. The molecular weight excluding hydrogens is 396 g/mol. The summed E-state index contributed by atoms with van der Waals surface area (Å²) < 4.78 is 1.83. The minimum atomic E-state index is -0.0932. The van der Waals surface area contributed by atoms with E-state index in [4.69, 9.17) is 4.98 Å². The number of piperidine rings is 1. The van der Waals surface area contributed by atoms with Crippen LogP contribution in [-0.2, 0) is 13.0 Å². The molecule has 1 N–H and O–H groups in total. The fraction of sp³-hybridized carbons (Fsp3) is 0.696. The third-order valence-corrected chi connectivity index (χ3v) is 8.00. The van der Waals surface area contributed by atoms with Crippen molar-refractivity contribution in [3.8, 4) is 0 Å². The summed E-state index contributed by atoms with van der Waals surface area (Å²) in [4.78, 5) is 34.8. The third-order valence-electron chi connectivity index (χ3n) is 6.81. The lowest BCUT2D eigenvalue weighted by atomic mass is 9.93. The fourth-order valence-electron chi connectivity index (χ4n) is 4.85. The summed E-state index contributed by atoms with van der Waals surface area (Å²) in [5, 5.41) is 3.77. The fourth-order valence-corrected chi connectivity index (χ4v) is 5.96. The number of carbonyl (C=O) groups is 1. The van der Waals surface area contributed by atoms with Crippen LogP contribution in [0.2, 0.25) is 0 Å². The minimum absolute atomic E-state index is 0.0207. The van der Waals surface area contributed by atoms with Gasteiger partial charge in [-0.3, -0.25) is 19.1 Å². The molecule has 164 valence electrons. The Hall–Kier alpha value is -1.73. The van der Waals surface area contributed by atoms with Gasteiger partial charge in [0.05, 0.1) is 10.3 Å². The van der Waals surface area contributed by atoms with E-state index in [1.54, 1.807) is 0 Å². The molecule has 6 nitrogen and oxygen atoms in total. The van der Waals surface area contributed by atoms with E-state index in [1.165, 1.54) is 24.2 Å². The number of fused-ring (bicyclic) bond motifs is 2. The second kappa shape index (κ2) is 8.42. The van der Waals surface area contributed by atoms with Crippen molar-refractivity contribution in [2.75, 3.05) is 19.6 Å². The van der Waals surface area contributed by atoms with E-state index in [0.29, 0.717) is 27.6 Å². The topological polar surface area (TPSA) is 67.2 Å². The lowest BCUT2D eigenvalue weighted by Gasteiger charge is -2.43. The number of likely N-dealkylation sites (tertiary alicyclic amines) is 1. The van der Waals surface area contributed by atoms with Gasteiger partial charge >= 0.3 is 0 Å². The Labute approximate surface area is 182 Å². The molecule has 30 heavy (non-hydrogen) atoms. The standard InChI is InChI=1S/C23H34N4O2S/c1-15-9-8-11-26(13-15)23(3,4)14-24-20(28)19-16(2)18-21(30-19)25-17-10-6-5-7-12-27(17)22(18)29/h15H,5-14H2,1-4H3,(H,24,28). The van der Waals surface area contributed by atoms with E-state index in [9.17, 15) is 9.59 Å². The maximum Gasteiger partial charge on any atom is 0.262 e. The third kappa shape index (κ3) is 4.06. The Morgan fingerprint density at radius 1 is 1.23 bits per heavy atom. The van der Waals surface area contributed by atoms with Crippen LogP contribution >= 0.6 is 11.3 Å². The smallest absolute Gasteiger partial charge is 0.262 e. The highest BCUT2D eigenvalue weighted by Crippen LogP contribution is 2.29. The first-order valence-electron chi connectivity index (χ1n) is 11.3. The summed E-state index contributed by atoms with van der Waals surface area (Å²) in [6.45, 7) is 12.1. The predicted octanol–water partition coefficient (Wildman–Crippen LogP) is 3.73. The lowest BCUT2D eigenvalue weighted by molar-refractivity contribution is 0.0658. The molecule has 2 aliphatic heterocycles. The predicted molar refractivity (Wildman–Crippen MR) is 123 cm³/mol. The van der Waals surface area contributed by atoms with Crippen molar-refractivity contribution in [3.05, 3.63) is 26.6 Å². The van der Waals surface area contributed by atoms with Crippen molar-refractivity contribution in [1.29, 1.82) is 0 Å². The molecule has 2 aromatic heterocycles. The summed E-state index contributed by atoms with van der Waals surface area (Å²) in [6, 6.07) is 0. The summed E-state index contributed by atoms with van der Waals surface area (Å²) in [5.74, 6) is 1.49. The van der Waals surface area contributed by atoms with Crippen molar-refractivity contribution < 1.29 is 4.79 Å². The average molecular weight is 431 g/mol. The zero-order valence-electron chi connectivity index (χ0n) is 18.7. The van der Waals surface area contributed by atoms with Gasteiger partial charge < -0.3 is 5.32 Å². The first-order valence-corrected chi connectivity index (χ1v) is 12.2. The molecule has 1 atom stereocenters. The quantitative estimate of drug-likeness (QED) is 0.803. The van der Waals surface area contributed by atoms with Crippen LogP contribution in [0.15, 0.2) is 4.79 Å². The second-order valence-electron chi connectivity index (χ2n) is 9.72. The maximum absolute atomic E-state index is 13.1. The van der Waals surface area contributed by atoms with Crippen molar-refractivity contribution in [1.82, 2.24) is 19.8 Å². The van der Waals surface area contributed by atoms with Crippen LogP contribution in [0.5, 0.6) is 0 Å². The SMILES string of the molecule is Cc1c(C(=O)NCC(C)(C)N2CCCC(C)C2)sc2nc3n(c(=O)c12)CCCCC3.